The standard InChI is InChI=1S/C13H17Cl3N2/c1-2-3-4-5-9(8-18-17)13-11(15)6-10(14)7-12(13)16/h6-9H,2-5,17H2,1H3/b18-8+. The Bertz CT molecular complexity index is 396. The van der Waals surface area contributed by atoms with Crippen LogP contribution in [0.5, 0.6) is 0 Å². The Morgan fingerprint density at radius 1 is 1.22 bits per heavy atom. The second-order valence-corrected chi connectivity index (χ2v) is 5.43. The molecule has 5 heteroatoms. The van der Waals surface area contributed by atoms with Gasteiger partial charge in [-0.05, 0) is 24.1 Å². The second-order valence-electron chi connectivity index (χ2n) is 4.18. The van der Waals surface area contributed by atoms with E-state index in [0.717, 1.165) is 31.2 Å². The Morgan fingerprint density at radius 2 is 1.83 bits per heavy atom. The number of rotatable bonds is 6. The van der Waals surface area contributed by atoms with E-state index in [4.69, 9.17) is 40.6 Å². The zero-order valence-corrected chi connectivity index (χ0v) is 12.6. The highest BCUT2D eigenvalue weighted by molar-refractivity contribution is 6.39. The minimum absolute atomic E-state index is 0.0406. The average Bonchev–Trinajstić information content (AvgIpc) is 2.28. The summed E-state index contributed by atoms with van der Waals surface area (Å²) in [6.07, 6.45) is 6.03. The molecule has 0 fully saturated rings. The topological polar surface area (TPSA) is 38.4 Å². The number of hydrogen-bond donors (Lipinski definition) is 1. The molecular weight excluding hydrogens is 291 g/mol. The van der Waals surface area contributed by atoms with Gasteiger partial charge in [0.1, 0.15) is 0 Å². The Morgan fingerprint density at radius 3 is 2.33 bits per heavy atom. The van der Waals surface area contributed by atoms with Gasteiger partial charge in [0.25, 0.3) is 0 Å². The fourth-order valence-electron chi connectivity index (χ4n) is 1.92. The molecule has 1 aromatic carbocycles. The highest BCUT2D eigenvalue weighted by Crippen LogP contribution is 2.36. The van der Waals surface area contributed by atoms with Crippen molar-refractivity contribution < 1.29 is 0 Å². The molecule has 0 heterocycles. The molecule has 100 valence electrons. The van der Waals surface area contributed by atoms with Crippen LogP contribution in [0.15, 0.2) is 17.2 Å². The van der Waals surface area contributed by atoms with E-state index in [1.165, 1.54) is 0 Å². The number of nitrogens with two attached hydrogens (primary N) is 1. The first-order chi connectivity index (χ1) is 8.60. The van der Waals surface area contributed by atoms with Gasteiger partial charge in [0.2, 0.25) is 0 Å². The molecule has 0 aliphatic carbocycles. The fraction of sp³-hybridized carbons (Fsp3) is 0.462. The number of nitrogens with zero attached hydrogens (tertiary/aromatic N) is 1. The molecular formula is C13H17Cl3N2. The molecule has 18 heavy (non-hydrogen) atoms. The van der Waals surface area contributed by atoms with E-state index in [9.17, 15) is 0 Å². The number of benzene rings is 1. The predicted octanol–water partition coefficient (Wildman–Crippen LogP) is 5.26. The fourth-order valence-corrected chi connectivity index (χ4v) is 3.02. The van der Waals surface area contributed by atoms with Gasteiger partial charge < -0.3 is 5.84 Å². The molecule has 0 bridgehead atoms. The van der Waals surface area contributed by atoms with Gasteiger partial charge in [-0.2, -0.15) is 5.10 Å². The van der Waals surface area contributed by atoms with E-state index in [0.29, 0.717) is 15.1 Å². The van der Waals surface area contributed by atoms with Crippen LogP contribution in [0.3, 0.4) is 0 Å². The van der Waals surface area contributed by atoms with Crippen LogP contribution in [0, 0.1) is 0 Å². The van der Waals surface area contributed by atoms with Crippen LogP contribution >= 0.6 is 34.8 Å². The molecule has 1 atom stereocenters. The van der Waals surface area contributed by atoms with Crippen molar-refractivity contribution in [3.63, 3.8) is 0 Å². The Labute approximate surface area is 123 Å². The zero-order chi connectivity index (χ0) is 13.5. The minimum atomic E-state index is 0.0406. The summed E-state index contributed by atoms with van der Waals surface area (Å²) in [5.41, 5.74) is 0.855. The smallest absolute Gasteiger partial charge is 0.0474 e. The summed E-state index contributed by atoms with van der Waals surface area (Å²) in [6, 6.07) is 3.39. The summed E-state index contributed by atoms with van der Waals surface area (Å²) in [5, 5.41) is 5.28. The third-order valence-corrected chi connectivity index (χ3v) is 3.64. The van der Waals surface area contributed by atoms with Crippen molar-refractivity contribution in [3.05, 3.63) is 32.8 Å². The van der Waals surface area contributed by atoms with E-state index in [1.807, 2.05) is 0 Å². The van der Waals surface area contributed by atoms with E-state index >= 15 is 0 Å². The van der Waals surface area contributed by atoms with Crippen molar-refractivity contribution in [3.8, 4) is 0 Å². The van der Waals surface area contributed by atoms with Crippen molar-refractivity contribution in [2.75, 3.05) is 0 Å². The van der Waals surface area contributed by atoms with Gasteiger partial charge in [0.15, 0.2) is 0 Å². The lowest BCUT2D eigenvalue weighted by Gasteiger charge is -2.16. The summed E-state index contributed by atoms with van der Waals surface area (Å²) >= 11 is 18.3. The molecule has 0 radical (unpaired) electrons. The van der Waals surface area contributed by atoms with E-state index in [2.05, 4.69) is 12.0 Å². The lowest BCUT2D eigenvalue weighted by molar-refractivity contribution is 0.647. The molecule has 0 spiro atoms. The second kappa shape index (κ2) is 7.88. The van der Waals surface area contributed by atoms with E-state index < -0.39 is 0 Å². The summed E-state index contributed by atoms with van der Waals surface area (Å²) in [7, 11) is 0. The summed E-state index contributed by atoms with van der Waals surface area (Å²) in [5.74, 6) is 5.30. The Hall–Kier alpha value is -0.440. The number of hydrogen-bond acceptors (Lipinski definition) is 2. The van der Waals surface area contributed by atoms with Gasteiger partial charge >= 0.3 is 0 Å². The molecule has 1 rings (SSSR count). The SMILES string of the molecule is CCCCCC(/C=N/N)c1c(Cl)cc(Cl)cc1Cl. The predicted molar refractivity (Wildman–Crippen MR) is 81.0 cm³/mol. The van der Waals surface area contributed by atoms with Gasteiger partial charge in [0.05, 0.1) is 0 Å². The minimum Gasteiger partial charge on any atom is -0.324 e. The molecule has 0 amide bonds. The summed E-state index contributed by atoms with van der Waals surface area (Å²) in [6.45, 7) is 2.16. The van der Waals surface area contributed by atoms with Crippen molar-refractivity contribution >= 4 is 41.0 Å². The first kappa shape index (κ1) is 15.6. The van der Waals surface area contributed by atoms with Crippen molar-refractivity contribution in [2.45, 2.75) is 38.5 Å². The molecule has 0 saturated heterocycles. The monoisotopic (exact) mass is 306 g/mol. The van der Waals surface area contributed by atoms with Crippen LogP contribution in [0.25, 0.3) is 0 Å². The van der Waals surface area contributed by atoms with Crippen LogP contribution in [0.4, 0.5) is 0 Å². The van der Waals surface area contributed by atoms with Gasteiger partial charge in [-0.25, -0.2) is 0 Å². The molecule has 0 aromatic heterocycles. The molecule has 2 nitrogen and oxygen atoms in total. The quantitative estimate of drug-likeness (QED) is 0.331. The van der Waals surface area contributed by atoms with Crippen LogP contribution in [0.1, 0.15) is 44.1 Å². The van der Waals surface area contributed by atoms with Crippen LogP contribution in [-0.2, 0) is 0 Å². The molecule has 1 unspecified atom stereocenters. The molecule has 1 aromatic rings. The largest absolute Gasteiger partial charge is 0.324 e. The average molecular weight is 308 g/mol. The molecule has 0 aliphatic heterocycles. The maximum atomic E-state index is 6.21. The number of unbranched alkanes of at least 4 members (excludes halogenated alkanes) is 2. The van der Waals surface area contributed by atoms with Gasteiger partial charge in [-0.15, -0.1) is 0 Å². The van der Waals surface area contributed by atoms with Crippen LogP contribution < -0.4 is 5.84 Å². The third kappa shape index (κ3) is 4.34. The van der Waals surface area contributed by atoms with Gasteiger partial charge in [-0.3, -0.25) is 0 Å². The Kier molecular flexibility index (Phi) is 6.83. The highest BCUT2D eigenvalue weighted by Gasteiger charge is 2.17. The summed E-state index contributed by atoms with van der Waals surface area (Å²) in [4.78, 5) is 0. The van der Waals surface area contributed by atoms with Gasteiger partial charge in [-0.1, -0.05) is 61.0 Å². The lowest BCUT2D eigenvalue weighted by Crippen LogP contribution is -2.04. The maximum Gasteiger partial charge on any atom is 0.0474 e. The zero-order valence-electron chi connectivity index (χ0n) is 10.3. The first-order valence-corrected chi connectivity index (χ1v) is 7.11. The normalized spacial score (nSPS) is 13.1. The molecule has 2 N–H and O–H groups in total. The summed E-state index contributed by atoms with van der Waals surface area (Å²) < 4.78 is 0. The molecule has 0 aliphatic rings. The maximum absolute atomic E-state index is 6.21. The van der Waals surface area contributed by atoms with Crippen molar-refractivity contribution in [1.82, 2.24) is 0 Å². The first-order valence-electron chi connectivity index (χ1n) is 5.98. The third-order valence-electron chi connectivity index (χ3n) is 2.80. The Balaban J connectivity index is 2.98. The van der Waals surface area contributed by atoms with Crippen LogP contribution in [-0.4, -0.2) is 6.21 Å². The lowest BCUT2D eigenvalue weighted by atomic mass is 9.94. The highest BCUT2D eigenvalue weighted by atomic mass is 35.5. The van der Waals surface area contributed by atoms with Crippen molar-refractivity contribution in [1.29, 1.82) is 0 Å². The number of halogens is 3. The van der Waals surface area contributed by atoms with E-state index in [1.54, 1.807) is 18.3 Å². The van der Waals surface area contributed by atoms with Gasteiger partial charge in [0, 0.05) is 27.2 Å². The molecule has 0 saturated carbocycles. The number of hydrazone groups is 1. The van der Waals surface area contributed by atoms with Crippen molar-refractivity contribution in [2.24, 2.45) is 10.9 Å². The van der Waals surface area contributed by atoms with Crippen LogP contribution in [0.2, 0.25) is 15.1 Å². The van der Waals surface area contributed by atoms with E-state index in [-0.39, 0.29) is 5.92 Å².